The van der Waals surface area contributed by atoms with E-state index in [1.807, 2.05) is 49.4 Å². The SMILES string of the molecule is Cc1ccc2nc(-c3cccc(CN)c3)oc2c1. The van der Waals surface area contributed by atoms with Crippen LogP contribution >= 0.6 is 0 Å². The molecule has 0 spiro atoms. The number of nitrogens with zero attached hydrogens (tertiary/aromatic N) is 1. The molecule has 3 nitrogen and oxygen atoms in total. The van der Waals surface area contributed by atoms with Crippen molar-refractivity contribution in [3.05, 3.63) is 53.6 Å². The van der Waals surface area contributed by atoms with E-state index in [4.69, 9.17) is 10.2 Å². The van der Waals surface area contributed by atoms with Gasteiger partial charge in [-0.15, -0.1) is 0 Å². The molecule has 2 aromatic carbocycles. The van der Waals surface area contributed by atoms with Gasteiger partial charge >= 0.3 is 0 Å². The van der Waals surface area contributed by atoms with Crippen molar-refractivity contribution in [1.29, 1.82) is 0 Å². The van der Waals surface area contributed by atoms with Crippen molar-refractivity contribution in [2.24, 2.45) is 5.73 Å². The molecule has 0 radical (unpaired) electrons. The minimum absolute atomic E-state index is 0.521. The molecule has 0 saturated carbocycles. The molecular formula is C15H14N2O. The molecule has 0 saturated heterocycles. The first-order valence-electron chi connectivity index (χ1n) is 5.93. The molecule has 0 aliphatic carbocycles. The Morgan fingerprint density at radius 3 is 2.89 bits per heavy atom. The van der Waals surface area contributed by atoms with Crippen molar-refractivity contribution in [3.63, 3.8) is 0 Å². The van der Waals surface area contributed by atoms with Crippen molar-refractivity contribution in [3.8, 4) is 11.5 Å². The van der Waals surface area contributed by atoms with Gasteiger partial charge in [0.15, 0.2) is 5.58 Å². The Morgan fingerprint density at radius 1 is 1.17 bits per heavy atom. The number of fused-ring (bicyclic) bond motifs is 1. The minimum Gasteiger partial charge on any atom is -0.436 e. The average molecular weight is 238 g/mol. The molecule has 0 aliphatic heterocycles. The van der Waals surface area contributed by atoms with Gasteiger partial charge in [-0.2, -0.15) is 0 Å². The number of hydrogen-bond donors (Lipinski definition) is 1. The van der Waals surface area contributed by atoms with E-state index in [2.05, 4.69) is 4.98 Å². The topological polar surface area (TPSA) is 52.0 Å². The van der Waals surface area contributed by atoms with Crippen molar-refractivity contribution in [2.75, 3.05) is 0 Å². The lowest BCUT2D eigenvalue weighted by molar-refractivity contribution is 0.619. The molecule has 2 N–H and O–H groups in total. The fourth-order valence-corrected chi connectivity index (χ4v) is 1.99. The summed E-state index contributed by atoms with van der Waals surface area (Å²) in [4.78, 5) is 4.49. The van der Waals surface area contributed by atoms with Gasteiger partial charge in [-0.3, -0.25) is 0 Å². The van der Waals surface area contributed by atoms with Crippen LogP contribution in [0.1, 0.15) is 11.1 Å². The molecule has 3 rings (SSSR count). The summed E-state index contributed by atoms with van der Waals surface area (Å²) < 4.78 is 5.78. The van der Waals surface area contributed by atoms with Crippen molar-refractivity contribution in [1.82, 2.24) is 4.98 Å². The number of hydrogen-bond acceptors (Lipinski definition) is 3. The lowest BCUT2D eigenvalue weighted by atomic mass is 10.1. The van der Waals surface area contributed by atoms with E-state index in [-0.39, 0.29) is 0 Å². The summed E-state index contributed by atoms with van der Waals surface area (Å²) in [6, 6.07) is 14.0. The molecular weight excluding hydrogens is 224 g/mol. The van der Waals surface area contributed by atoms with Crippen LogP contribution in [0.4, 0.5) is 0 Å². The first kappa shape index (κ1) is 11.0. The Bertz CT molecular complexity index is 701. The second-order valence-corrected chi connectivity index (χ2v) is 4.39. The summed E-state index contributed by atoms with van der Waals surface area (Å²) >= 11 is 0. The third-order valence-electron chi connectivity index (χ3n) is 2.95. The van der Waals surface area contributed by atoms with Gasteiger partial charge in [0, 0.05) is 12.1 Å². The Morgan fingerprint density at radius 2 is 2.06 bits per heavy atom. The highest BCUT2D eigenvalue weighted by Crippen LogP contribution is 2.25. The molecule has 0 bridgehead atoms. The van der Waals surface area contributed by atoms with E-state index >= 15 is 0 Å². The van der Waals surface area contributed by atoms with Crippen LogP contribution in [-0.2, 0) is 6.54 Å². The summed E-state index contributed by atoms with van der Waals surface area (Å²) in [5, 5.41) is 0. The first-order chi connectivity index (χ1) is 8.76. The molecule has 90 valence electrons. The summed E-state index contributed by atoms with van der Waals surface area (Å²) in [6.07, 6.45) is 0. The molecule has 3 aromatic rings. The highest BCUT2D eigenvalue weighted by molar-refractivity contribution is 5.76. The van der Waals surface area contributed by atoms with Crippen LogP contribution in [0.25, 0.3) is 22.6 Å². The summed E-state index contributed by atoms with van der Waals surface area (Å²) in [7, 11) is 0. The quantitative estimate of drug-likeness (QED) is 0.745. The van der Waals surface area contributed by atoms with Crippen LogP contribution in [0.3, 0.4) is 0 Å². The number of aromatic nitrogens is 1. The van der Waals surface area contributed by atoms with Crippen LogP contribution in [0.5, 0.6) is 0 Å². The molecule has 18 heavy (non-hydrogen) atoms. The second-order valence-electron chi connectivity index (χ2n) is 4.39. The summed E-state index contributed by atoms with van der Waals surface area (Å²) in [6.45, 7) is 2.56. The fraction of sp³-hybridized carbons (Fsp3) is 0.133. The van der Waals surface area contributed by atoms with Crippen LogP contribution in [-0.4, -0.2) is 4.98 Å². The Balaban J connectivity index is 2.13. The van der Waals surface area contributed by atoms with Gasteiger partial charge in [-0.05, 0) is 42.3 Å². The van der Waals surface area contributed by atoms with Crippen LogP contribution in [0, 0.1) is 6.92 Å². The minimum atomic E-state index is 0.521. The largest absolute Gasteiger partial charge is 0.436 e. The molecule has 0 atom stereocenters. The Hall–Kier alpha value is -2.13. The van der Waals surface area contributed by atoms with Gasteiger partial charge in [0.25, 0.3) is 0 Å². The van der Waals surface area contributed by atoms with E-state index in [1.54, 1.807) is 0 Å². The number of rotatable bonds is 2. The maximum absolute atomic E-state index is 5.78. The molecule has 1 aromatic heterocycles. The van der Waals surface area contributed by atoms with Gasteiger partial charge in [-0.25, -0.2) is 4.98 Å². The zero-order valence-corrected chi connectivity index (χ0v) is 10.2. The van der Waals surface area contributed by atoms with E-state index in [0.717, 1.165) is 22.2 Å². The van der Waals surface area contributed by atoms with Gasteiger partial charge in [0.1, 0.15) is 5.52 Å². The highest BCUT2D eigenvalue weighted by Gasteiger charge is 2.08. The standard InChI is InChI=1S/C15H14N2O/c1-10-5-6-13-14(7-10)18-15(17-13)12-4-2-3-11(8-12)9-16/h2-8H,9,16H2,1H3. The average Bonchev–Trinajstić information content (AvgIpc) is 2.81. The van der Waals surface area contributed by atoms with Crippen LogP contribution in [0.15, 0.2) is 46.9 Å². The zero-order chi connectivity index (χ0) is 12.5. The maximum Gasteiger partial charge on any atom is 0.227 e. The number of benzene rings is 2. The first-order valence-corrected chi connectivity index (χ1v) is 5.93. The summed E-state index contributed by atoms with van der Waals surface area (Å²) in [5.41, 5.74) is 10.6. The van der Waals surface area contributed by atoms with Crippen molar-refractivity contribution >= 4 is 11.1 Å². The van der Waals surface area contributed by atoms with Gasteiger partial charge in [-0.1, -0.05) is 18.2 Å². The Kier molecular flexibility index (Phi) is 2.61. The van der Waals surface area contributed by atoms with Crippen LogP contribution < -0.4 is 5.73 Å². The van der Waals surface area contributed by atoms with Gasteiger partial charge in [0.2, 0.25) is 5.89 Å². The second kappa shape index (κ2) is 4.27. The third-order valence-corrected chi connectivity index (χ3v) is 2.95. The molecule has 0 aliphatic rings. The molecule has 1 heterocycles. The van der Waals surface area contributed by atoms with Crippen LogP contribution in [0.2, 0.25) is 0 Å². The smallest absolute Gasteiger partial charge is 0.227 e. The van der Waals surface area contributed by atoms with Gasteiger partial charge < -0.3 is 10.2 Å². The van der Waals surface area contributed by atoms with Crippen molar-refractivity contribution < 1.29 is 4.42 Å². The van der Waals surface area contributed by atoms with E-state index in [9.17, 15) is 0 Å². The van der Waals surface area contributed by atoms with E-state index in [1.165, 1.54) is 5.56 Å². The van der Waals surface area contributed by atoms with E-state index in [0.29, 0.717) is 12.4 Å². The predicted molar refractivity (Wildman–Crippen MR) is 72.1 cm³/mol. The Labute approximate surface area is 105 Å². The van der Waals surface area contributed by atoms with E-state index < -0.39 is 0 Å². The molecule has 0 amide bonds. The molecule has 3 heteroatoms. The highest BCUT2D eigenvalue weighted by atomic mass is 16.3. The molecule has 0 fully saturated rings. The fourth-order valence-electron chi connectivity index (χ4n) is 1.99. The predicted octanol–water partition coefficient (Wildman–Crippen LogP) is 3.26. The normalized spacial score (nSPS) is 11.0. The van der Waals surface area contributed by atoms with Crippen molar-refractivity contribution in [2.45, 2.75) is 13.5 Å². The third kappa shape index (κ3) is 1.89. The number of oxazole rings is 1. The lowest BCUT2D eigenvalue weighted by Gasteiger charge is -1.98. The number of nitrogens with two attached hydrogens (primary N) is 1. The number of aryl methyl sites for hydroxylation is 1. The maximum atomic E-state index is 5.78. The van der Waals surface area contributed by atoms with Gasteiger partial charge in [0.05, 0.1) is 0 Å². The lowest BCUT2D eigenvalue weighted by Crippen LogP contribution is -1.95. The molecule has 0 unspecified atom stereocenters. The summed E-state index contributed by atoms with van der Waals surface area (Å²) in [5.74, 6) is 0.644. The zero-order valence-electron chi connectivity index (χ0n) is 10.2. The monoisotopic (exact) mass is 238 g/mol.